The van der Waals surface area contributed by atoms with Crippen molar-refractivity contribution in [3.8, 4) is 0 Å². The Morgan fingerprint density at radius 2 is 2.21 bits per heavy atom. The van der Waals surface area contributed by atoms with Gasteiger partial charge in [-0.2, -0.15) is 0 Å². The molecule has 1 fully saturated rings. The van der Waals surface area contributed by atoms with Crippen molar-refractivity contribution in [1.29, 1.82) is 0 Å². The van der Waals surface area contributed by atoms with Crippen LogP contribution in [0.2, 0.25) is 0 Å². The number of rotatable bonds is 3. The third kappa shape index (κ3) is 2.71. The average molecular weight is 198 g/mol. The largest absolute Gasteiger partial charge is 0.352 e. The van der Waals surface area contributed by atoms with Crippen molar-refractivity contribution in [2.75, 3.05) is 13.1 Å². The molecule has 1 rings (SSSR count). The number of nitrogens with zero attached hydrogens (tertiary/aromatic N) is 1. The number of likely N-dealkylation sites (tertiary alicyclic amines) is 1. The molecule has 0 aliphatic carbocycles. The quantitative estimate of drug-likeness (QED) is 0.743. The van der Waals surface area contributed by atoms with Crippen molar-refractivity contribution in [2.45, 2.75) is 52.1 Å². The maximum Gasteiger partial charge on any atom is 0.217 e. The normalized spacial score (nSPS) is 23.9. The number of carbonyl (C=O) groups excluding carboxylic acids is 1. The third-order valence-electron chi connectivity index (χ3n) is 3.32. The molecular weight excluding hydrogens is 176 g/mol. The van der Waals surface area contributed by atoms with Gasteiger partial charge in [-0.1, -0.05) is 6.92 Å². The zero-order chi connectivity index (χ0) is 10.8. The SMILES string of the molecule is CCC(C)(C)N1CC[C@H](NC(C)=O)C1. The smallest absolute Gasteiger partial charge is 0.217 e. The molecule has 1 atom stereocenters. The first-order valence-corrected chi connectivity index (χ1v) is 5.48. The molecule has 1 aliphatic heterocycles. The highest BCUT2D eigenvalue weighted by Crippen LogP contribution is 2.23. The van der Waals surface area contributed by atoms with E-state index in [1.54, 1.807) is 6.92 Å². The molecule has 1 saturated heterocycles. The van der Waals surface area contributed by atoms with E-state index in [9.17, 15) is 4.79 Å². The zero-order valence-corrected chi connectivity index (χ0v) is 9.76. The molecule has 14 heavy (non-hydrogen) atoms. The highest BCUT2D eigenvalue weighted by Gasteiger charge is 2.32. The van der Waals surface area contributed by atoms with E-state index in [1.165, 1.54) is 0 Å². The standard InChI is InChI=1S/C11H22N2O/c1-5-11(3,4)13-7-6-10(8-13)12-9(2)14/h10H,5-8H2,1-4H3,(H,12,14)/t10-/m0/s1. The summed E-state index contributed by atoms with van der Waals surface area (Å²) in [5.41, 5.74) is 0.271. The van der Waals surface area contributed by atoms with E-state index in [1.807, 2.05) is 0 Å². The van der Waals surface area contributed by atoms with Crippen molar-refractivity contribution in [1.82, 2.24) is 10.2 Å². The predicted molar refractivity (Wildman–Crippen MR) is 58.2 cm³/mol. The lowest BCUT2D eigenvalue weighted by atomic mass is 10.0. The fraction of sp³-hybridized carbons (Fsp3) is 0.909. The summed E-state index contributed by atoms with van der Waals surface area (Å²) in [5.74, 6) is 0.0890. The van der Waals surface area contributed by atoms with Crippen LogP contribution < -0.4 is 5.32 Å². The summed E-state index contributed by atoms with van der Waals surface area (Å²) < 4.78 is 0. The Kier molecular flexibility index (Phi) is 3.53. The molecule has 3 heteroatoms. The lowest BCUT2D eigenvalue weighted by Crippen LogP contribution is -2.44. The highest BCUT2D eigenvalue weighted by molar-refractivity contribution is 5.73. The Hall–Kier alpha value is -0.570. The van der Waals surface area contributed by atoms with Crippen LogP contribution in [0.15, 0.2) is 0 Å². The Morgan fingerprint density at radius 1 is 1.57 bits per heavy atom. The minimum absolute atomic E-state index is 0.0890. The Labute approximate surface area is 86.9 Å². The highest BCUT2D eigenvalue weighted by atomic mass is 16.1. The van der Waals surface area contributed by atoms with Gasteiger partial charge in [0, 0.05) is 31.6 Å². The van der Waals surface area contributed by atoms with E-state index < -0.39 is 0 Å². The Balaban J connectivity index is 2.45. The fourth-order valence-electron chi connectivity index (χ4n) is 1.94. The third-order valence-corrected chi connectivity index (χ3v) is 3.32. The summed E-state index contributed by atoms with van der Waals surface area (Å²) in [4.78, 5) is 13.4. The van der Waals surface area contributed by atoms with Crippen molar-refractivity contribution in [3.63, 3.8) is 0 Å². The topological polar surface area (TPSA) is 32.3 Å². The van der Waals surface area contributed by atoms with E-state index in [-0.39, 0.29) is 11.4 Å². The van der Waals surface area contributed by atoms with Crippen LogP contribution in [0.3, 0.4) is 0 Å². The lowest BCUT2D eigenvalue weighted by Gasteiger charge is -2.34. The number of nitrogens with one attached hydrogen (secondary N) is 1. The molecular formula is C11H22N2O. The molecule has 0 bridgehead atoms. The van der Waals surface area contributed by atoms with Gasteiger partial charge in [0.1, 0.15) is 0 Å². The first-order valence-electron chi connectivity index (χ1n) is 5.48. The monoisotopic (exact) mass is 198 g/mol. The average Bonchev–Trinajstić information content (AvgIpc) is 2.52. The molecule has 0 aromatic carbocycles. The number of hydrogen-bond acceptors (Lipinski definition) is 2. The molecule has 1 aliphatic rings. The van der Waals surface area contributed by atoms with Crippen LogP contribution in [0.25, 0.3) is 0 Å². The van der Waals surface area contributed by atoms with E-state index in [2.05, 4.69) is 31.0 Å². The molecule has 82 valence electrons. The van der Waals surface area contributed by atoms with Crippen molar-refractivity contribution in [2.24, 2.45) is 0 Å². The number of amides is 1. The van der Waals surface area contributed by atoms with Gasteiger partial charge in [-0.05, 0) is 26.7 Å². The van der Waals surface area contributed by atoms with Gasteiger partial charge in [0.15, 0.2) is 0 Å². The van der Waals surface area contributed by atoms with Gasteiger partial charge < -0.3 is 5.32 Å². The second kappa shape index (κ2) is 4.30. The van der Waals surface area contributed by atoms with Crippen molar-refractivity contribution >= 4 is 5.91 Å². The van der Waals surface area contributed by atoms with Gasteiger partial charge in [-0.25, -0.2) is 0 Å². The minimum Gasteiger partial charge on any atom is -0.352 e. The fourth-order valence-corrected chi connectivity index (χ4v) is 1.94. The lowest BCUT2D eigenvalue weighted by molar-refractivity contribution is -0.119. The van der Waals surface area contributed by atoms with Gasteiger partial charge in [0.05, 0.1) is 0 Å². The van der Waals surface area contributed by atoms with Crippen LogP contribution in [-0.4, -0.2) is 35.5 Å². The van der Waals surface area contributed by atoms with E-state index in [4.69, 9.17) is 0 Å². The molecule has 0 spiro atoms. The van der Waals surface area contributed by atoms with E-state index >= 15 is 0 Å². The van der Waals surface area contributed by atoms with Crippen LogP contribution in [0.5, 0.6) is 0 Å². The summed E-state index contributed by atoms with van der Waals surface area (Å²) in [5, 5.41) is 2.99. The summed E-state index contributed by atoms with van der Waals surface area (Å²) >= 11 is 0. The number of carbonyl (C=O) groups is 1. The second-order valence-electron chi connectivity index (χ2n) is 4.80. The van der Waals surface area contributed by atoms with Gasteiger partial charge in [0.25, 0.3) is 0 Å². The van der Waals surface area contributed by atoms with E-state index in [0.717, 1.165) is 25.9 Å². The van der Waals surface area contributed by atoms with E-state index in [0.29, 0.717) is 6.04 Å². The molecule has 0 aromatic rings. The maximum absolute atomic E-state index is 10.9. The molecule has 1 N–H and O–H groups in total. The maximum atomic E-state index is 10.9. The molecule has 0 unspecified atom stereocenters. The Morgan fingerprint density at radius 3 is 2.71 bits per heavy atom. The van der Waals surface area contributed by atoms with Crippen LogP contribution in [0.4, 0.5) is 0 Å². The molecule has 1 amide bonds. The summed E-state index contributed by atoms with van der Waals surface area (Å²) in [7, 11) is 0. The zero-order valence-electron chi connectivity index (χ0n) is 9.76. The summed E-state index contributed by atoms with van der Waals surface area (Å²) in [6, 6.07) is 0.360. The van der Waals surface area contributed by atoms with Crippen molar-refractivity contribution in [3.05, 3.63) is 0 Å². The molecule has 0 saturated carbocycles. The van der Waals surface area contributed by atoms with Crippen molar-refractivity contribution < 1.29 is 4.79 Å². The molecule has 3 nitrogen and oxygen atoms in total. The van der Waals surface area contributed by atoms with Crippen LogP contribution in [0, 0.1) is 0 Å². The second-order valence-corrected chi connectivity index (χ2v) is 4.80. The van der Waals surface area contributed by atoms with Gasteiger partial charge in [-0.3, -0.25) is 9.69 Å². The molecule has 0 aromatic heterocycles. The van der Waals surface area contributed by atoms with Crippen LogP contribution in [-0.2, 0) is 4.79 Å². The number of hydrogen-bond donors (Lipinski definition) is 1. The Bertz CT molecular complexity index is 213. The van der Waals surface area contributed by atoms with Gasteiger partial charge in [0.2, 0.25) is 5.91 Å². The summed E-state index contributed by atoms with van der Waals surface area (Å²) in [6.07, 6.45) is 2.24. The van der Waals surface area contributed by atoms with Gasteiger partial charge in [-0.15, -0.1) is 0 Å². The molecule has 0 radical (unpaired) electrons. The van der Waals surface area contributed by atoms with Gasteiger partial charge >= 0.3 is 0 Å². The first kappa shape index (κ1) is 11.5. The van der Waals surface area contributed by atoms with Crippen LogP contribution >= 0.6 is 0 Å². The predicted octanol–water partition coefficient (Wildman–Crippen LogP) is 1.39. The summed E-state index contributed by atoms with van der Waals surface area (Å²) in [6.45, 7) is 10.4. The minimum atomic E-state index is 0.0890. The van der Waals surface area contributed by atoms with Crippen LogP contribution in [0.1, 0.15) is 40.5 Å². The first-order chi connectivity index (χ1) is 6.45. The molecule has 1 heterocycles.